The Labute approximate surface area is 83.7 Å². The molecule has 0 saturated carbocycles. The molecule has 14 heavy (non-hydrogen) atoms. The molecule has 0 bridgehead atoms. The van der Waals surface area contributed by atoms with Gasteiger partial charge in [-0.1, -0.05) is 13.0 Å². The van der Waals surface area contributed by atoms with Crippen LogP contribution >= 0.6 is 0 Å². The molecule has 3 heteroatoms. The molecule has 0 saturated heterocycles. The zero-order chi connectivity index (χ0) is 9.97. The summed E-state index contributed by atoms with van der Waals surface area (Å²) in [6.45, 7) is 2.17. The largest absolute Gasteiger partial charge is 0.313 e. The number of pyridine rings is 1. The molecule has 2 aromatic heterocycles. The molecule has 3 nitrogen and oxygen atoms in total. The number of hydrogen-bond acceptors (Lipinski definition) is 2. The second kappa shape index (κ2) is 3.80. The highest BCUT2D eigenvalue weighted by Crippen LogP contribution is 2.20. The minimum Gasteiger partial charge on any atom is -0.313 e. The highest BCUT2D eigenvalue weighted by Gasteiger charge is 2.11. The van der Waals surface area contributed by atoms with Gasteiger partial charge in [0.05, 0.1) is 11.7 Å². The fraction of sp³-hybridized carbons (Fsp3) is 0.364. The monoisotopic (exact) mass is 189 g/mol. The molecule has 0 fully saturated rings. The summed E-state index contributed by atoms with van der Waals surface area (Å²) in [5, 5.41) is 7.61. The molecule has 0 spiro atoms. The summed E-state index contributed by atoms with van der Waals surface area (Å²) in [5.74, 6) is 0. The summed E-state index contributed by atoms with van der Waals surface area (Å²) < 4.78 is 1.91. The fourth-order valence-electron chi connectivity index (χ4n) is 1.80. The predicted molar refractivity (Wildman–Crippen MR) is 57.3 cm³/mol. The van der Waals surface area contributed by atoms with Gasteiger partial charge in [0.2, 0.25) is 0 Å². The maximum Gasteiger partial charge on any atom is 0.0709 e. The van der Waals surface area contributed by atoms with E-state index in [2.05, 4.69) is 23.4 Å². The van der Waals surface area contributed by atoms with Crippen LogP contribution < -0.4 is 5.32 Å². The van der Waals surface area contributed by atoms with Crippen LogP contribution in [0.3, 0.4) is 0 Å². The minimum absolute atomic E-state index is 0.398. The van der Waals surface area contributed by atoms with Gasteiger partial charge in [-0.2, -0.15) is 5.10 Å². The van der Waals surface area contributed by atoms with Crippen molar-refractivity contribution < 1.29 is 0 Å². The molecule has 1 atom stereocenters. The lowest BCUT2D eigenvalue weighted by Gasteiger charge is -2.11. The van der Waals surface area contributed by atoms with E-state index in [1.165, 1.54) is 11.1 Å². The van der Waals surface area contributed by atoms with E-state index in [9.17, 15) is 0 Å². The van der Waals surface area contributed by atoms with Crippen LogP contribution in [0.5, 0.6) is 0 Å². The summed E-state index contributed by atoms with van der Waals surface area (Å²) in [7, 11) is 1.99. The average Bonchev–Trinajstić information content (AvgIpc) is 2.65. The van der Waals surface area contributed by atoms with Crippen LogP contribution in [0.1, 0.15) is 24.9 Å². The molecule has 0 radical (unpaired) electrons. The van der Waals surface area contributed by atoms with Crippen molar-refractivity contribution >= 4 is 5.52 Å². The van der Waals surface area contributed by atoms with Crippen LogP contribution in [-0.2, 0) is 0 Å². The Kier molecular flexibility index (Phi) is 2.50. The zero-order valence-electron chi connectivity index (χ0n) is 8.57. The predicted octanol–water partition coefficient (Wildman–Crippen LogP) is 2.00. The number of nitrogens with zero attached hydrogens (tertiary/aromatic N) is 2. The van der Waals surface area contributed by atoms with E-state index in [-0.39, 0.29) is 0 Å². The molecule has 2 aromatic rings. The van der Waals surface area contributed by atoms with Crippen molar-refractivity contribution in [3.05, 3.63) is 36.2 Å². The Bertz CT molecular complexity index is 415. The van der Waals surface area contributed by atoms with Gasteiger partial charge in [-0.15, -0.1) is 0 Å². The van der Waals surface area contributed by atoms with E-state index in [4.69, 9.17) is 0 Å². The quantitative estimate of drug-likeness (QED) is 0.800. The first-order valence-corrected chi connectivity index (χ1v) is 4.96. The fourth-order valence-corrected chi connectivity index (χ4v) is 1.80. The Hall–Kier alpha value is -1.35. The standard InChI is InChI=1S/C11H15N3/c1-3-10(12-2)9-8-13-14-7-5-4-6-11(9)14/h4-8,10,12H,3H2,1-2H3. The van der Waals surface area contributed by atoms with Crippen LogP contribution in [0.25, 0.3) is 5.52 Å². The van der Waals surface area contributed by atoms with Gasteiger partial charge in [-0.25, -0.2) is 4.52 Å². The van der Waals surface area contributed by atoms with Crippen molar-refractivity contribution in [2.45, 2.75) is 19.4 Å². The molecular weight excluding hydrogens is 174 g/mol. The van der Waals surface area contributed by atoms with Crippen LogP contribution in [0.15, 0.2) is 30.6 Å². The molecule has 1 N–H and O–H groups in total. The van der Waals surface area contributed by atoms with Crippen LogP contribution in [0.2, 0.25) is 0 Å². The molecule has 2 heterocycles. The molecule has 0 aliphatic heterocycles. The summed E-state index contributed by atoms with van der Waals surface area (Å²) >= 11 is 0. The first-order valence-electron chi connectivity index (χ1n) is 4.96. The lowest BCUT2D eigenvalue weighted by atomic mass is 10.1. The zero-order valence-corrected chi connectivity index (χ0v) is 8.57. The topological polar surface area (TPSA) is 29.3 Å². The van der Waals surface area contributed by atoms with Gasteiger partial charge in [-0.05, 0) is 25.6 Å². The summed E-state index contributed by atoms with van der Waals surface area (Å²) in [6.07, 6.45) is 4.99. The maximum absolute atomic E-state index is 4.31. The van der Waals surface area contributed by atoms with Crippen LogP contribution in [0, 0.1) is 0 Å². The number of aromatic nitrogens is 2. The first kappa shape index (κ1) is 9.21. The number of nitrogens with one attached hydrogen (secondary N) is 1. The lowest BCUT2D eigenvalue weighted by molar-refractivity contribution is 0.580. The number of hydrogen-bond donors (Lipinski definition) is 1. The maximum atomic E-state index is 4.31. The third kappa shape index (κ3) is 1.40. The van der Waals surface area contributed by atoms with E-state index >= 15 is 0 Å². The molecule has 0 aliphatic carbocycles. The van der Waals surface area contributed by atoms with Crippen molar-refractivity contribution in [3.63, 3.8) is 0 Å². The minimum atomic E-state index is 0.398. The Morgan fingerprint density at radius 1 is 1.50 bits per heavy atom. The highest BCUT2D eigenvalue weighted by atomic mass is 15.2. The van der Waals surface area contributed by atoms with Crippen molar-refractivity contribution in [1.82, 2.24) is 14.9 Å². The third-order valence-corrected chi connectivity index (χ3v) is 2.59. The van der Waals surface area contributed by atoms with E-state index in [0.717, 1.165) is 6.42 Å². The van der Waals surface area contributed by atoms with E-state index < -0.39 is 0 Å². The smallest absolute Gasteiger partial charge is 0.0709 e. The van der Waals surface area contributed by atoms with Crippen LogP contribution in [-0.4, -0.2) is 16.7 Å². The van der Waals surface area contributed by atoms with Gasteiger partial charge in [0.25, 0.3) is 0 Å². The van der Waals surface area contributed by atoms with Gasteiger partial charge in [0, 0.05) is 17.8 Å². The molecule has 2 rings (SSSR count). The second-order valence-corrected chi connectivity index (χ2v) is 3.38. The third-order valence-electron chi connectivity index (χ3n) is 2.59. The van der Waals surface area contributed by atoms with E-state index in [1.54, 1.807) is 0 Å². The average molecular weight is 189 g/mol. The Morgan fingerprint density at radius 2 is 2.36 bits per heavy atom. The van der Waals surface area contributed by atoms with Gasteiger partial charge in [0.1, 0.15) is 0 Å². The van der Waals surface area contributed by atoms with Crippen molar-refractivity contribution in [1.29, 1.82) is 0 Å². The molecule has 74 valence electrons. The van der Waals surface area contributed by atoms with Gasteiger partial charge >= 0.3 is 0 Å². The molecule has 1 unspecified atom stereocenters. The lowest BCUT2D eigenvalue weighted by Crippen LogP contribution is -2.14. The van der Waals surface area contributed by atoms with Crippen LogP contribution in [0.4, 0.5) is 0 Å². The SMILES string of the molecule is CCC(NC)c1cnn2ccccc12. The molecular formula is C11H15N3. The summed E-state index contributed by atoms with van der Waals surface area (Å²) in [6, 6.07) is 6.53. The Balaban J connectivity index is 2.51. The highest BCUT2D eigenvalue weighted by molar-refractivity contribution is 5.54. The second-order valence-electron chi connectivity index (χ2n) is 3.38. The van der Waals surface area contributed by atoms with Gasteiger partial charge in [-0.3, -0.25) is 0 Å². The Morgan fingerprint density at radius 3 is 3.07 bits per heavy atom. The first-order chi connectivity index (χ1) is 6.86. The van der Waals surface area contributed by atoms with Gasteiger partial charge < -0.3 is 5.32 Å². The van der Waals surface area contributed by atoms with E-state index in [1.807, 2.05) is 36.1 Å². The molecule has 0 amide bonds. The summed E-state index contributed by atoms with van der Waals surface area (Å²) in [5.41, 5.74) is 2.46. The van der Waals surface area contributed by atoms with Crippen molar-refractivity contribution in [2.24, 2.45) is 0 Å². The number of rotatable bonds is 3. The molecule has 0 aromatic carbocycles. The molecule has 0 aliphatic rings. The summed E-state index contributed by atoms with van der Waals surface area (Å²) in [4.78, 5) is 0. The normalized spacial score (nSPS) is 13.3. The van der Waals surface area contributed by atoms with E-state index in [0.29, 0.717) is 6.04 Å². The number of fused-ring (bicyclic) bond motifs is 1. The van der Waals surface area contributed by atoms with Crippen molar-refractivity contribution in [2.75, 3.05) is 7.05 Å². The van der Waals surface area contributed by atoms with Gasteiger partial charge in [0.15, 0.2) is 0 Å². The van der Waals surface area contributed by atoms with Crippen molar-refractivity contribution in [3.8, 4) is 0 Å².